The van der Waals surface area contributed by atoms with E-state index >= 15 is 0 Å². The Hall–Kier alpha value is -0.940. The molecule has 0 aliphatic rings. The molecule has 5 nitrogen and oxygen atoms in total. The lowest BCUT2D eigenvalue weighted by atomic mass is 10.2. The quantitative estimate of drug-likeness (QED) is 0.658. The molecule has 1 atom stereocenters. The molecule has 74 valence electrons. The lowest BCUT2D eigenvalue weighted by molar-refractivity contribution is 0.237. The first-order valence-electron chi connectivity index (χ1n) is 4.45. The number of rotatable bonds is 5. The Bertz CT molecular complexity index is 244. The van der Waals surface area contributed by atoms with Crippen molar-refractivity contribution in [3.63, 3.8) is 0 Å². The van der Waals surface area contributed by atoms with Crippen LogP contribution in [0.25, 0.3) is 0 Å². The maximum atomic E-state index is 8.92. The van der Waals surface area contributed by atoms with Crippen molar-refractivity contribution >= 4 is 0 Å². The zero-order valence-corrected chi connectivity index (χ0v) is 8.06. The Morgan fingerprint density at radius 2 is 2.46 bits per heavy atom. The summed E-state index contributed by atoms with van der Waals surface area (Å²) in [5.74, 6) is 0.881. The van der Waals surface area contributed by atoms with E-state index in [9.17, 15) is 0 Å². The Morgan fingerprint density at radius 1 is 1.69 bits per heavy atom. The van der Waals surface area contributed by atoms with E-state index in [-0.39, 0.29) is 12.6 Å². The molecule has 1 aromatic heterocycles. The van der Waals surface area contributed by atoms with Gasteiger partial charge in [0.15, 0.2) is 0 Å². The van der Waals surface area contributed by atoms with Crippen molar-refractivity contribution in [2.24, 2.45) is 7.05 Å². The molecule has 0 aromatic carbocycles. The molecule has 2 N–H and O–H groups in total. The van der Waals surface area contributed by atoms with Crippen LogP contribution in [0.5, 0.6) is 0 Å². The molecule has 0 aliphatic carbocycles. The minimum atomic E-state index is 0.150. The minimum Gasteiger partial charge on any atom is -0.395 e. The second-order valence-electron chi connectivity index (χ2n) is 3.03. The van der Waals surface area contributed by atoms with E-state index in [4.69, 9.17) is 5.11 Å². The Labute approximate surface area is 77.8 Å². The molecule has 1 rings (SSSR count). The predicted octanol–water partition coefficient (Wildman–Crippen LogP) is -0.324. The zero-order chi connectivity index (χ0) is 9.68. The summed E-state index contributed by atoms with van der Waals surface area (Å²) in [4.78, 5) is 0. The second kappa shape index (κ2) is 4.94. The standard InChI is InChI=1S/C8H16N4O/c1-3-7(5-13)9-4-8-11-10-6-12(8)2/h6-7,9,13H,3-5H2,1-2H3. The molecule has 5 heteroatoms. The van der Waals surface area contributed by atoms with Crippen molar-refractivity contribution in [2.75, 3.05) is 6.61 Å². The van der Waals surface area contributed by atoms with Crippen molar-refractivity contribution in [2.45, 2.75) is 25.9 Å². The highest BCUT2D eigenvalue weighted by atomic mass is 16.3. The van der Waals surface area contributed by atoms with Crippen LogP contribution in [0.2, 0.25) is 0 Å². The maximum absolute atomic E-state index is 8.92. The third kappa shape index (κ3) is 2.78. The third-order valence-electron chi connectivity index (χ3n) is 2.07. The SMILES string of the molecule is CCC(CO)NCc1nncn1C. The summed E-state index contributed by atoms with van der Waals surface area (Å²) >= 11 is 0. The zero-order valence-electron chi connectivity index (χ0n) is 8.06. The van der Waals surface area contributed by atoms with Gasteiger partial charge in [-0.3, -0.25) is 0 Å². The summed E-state index contributed by atoms with van der Waals surface area (Å²) in [6, 6.07) is 0.150. The van der Waals surface area contributed by atoms with Gasteiger partial charge in [-0.2, -0.15) is 0 Å². The molecule has 0 amide bonds. The number of nitrogens with one attached hydrogen (secondary N) is 1. The van der Waals surface area contributed by atoms with Gasteiger partial charge in [0.25, 0.3) is 0 Å². The van der Waals surface area contributed by atoms with Gasteiger partial charge in [-0.1, -0.05) is 6.92 Å². The smallest absolute Gasteiger partial charge is 0.146 e. The molecule has 0 spiro atoms. The van der Waals surface area contributed by atoms with E-state index in [0.29, 0.717) is 6.54 Å². The number of nitrogens with zero attached hydrogens (tertiary/aromatic N) is 3. The molecule has 1 unspecified atom stereocenters. The van der Waals surface area contributed by atoms with Crippen LogP contribution in [0.1, 0.15) is 19.2 Å². The Morgan fingerprint density at radius 3 is 2.92 bits per heavy atom. The first-order valence-corrected chi connectivity index (χ1v) is 4.45. The van der Waals surface area contributed by atoms with E-state index in [1.165, 1.54) is 0 Å². The van der Waals surface area contributed by atoms with E-state index in [0.717, 1.165) is 12.2 Å². The van der Waals surface area contributed by atoms with E-state index in [2.05, 4.69) is 15.5 Å². The average molecular weight is 184 g/mol. The molecule has 0 radical (unpaired) electrons. The molecular formula is C8H16N4O. The van der Waals surface area contributed by atoms with E-state index in [1.54, 1.807) is 6.33 Å². The molecule has 1 heterocycles. The van der Waals surface area contributed by atoms with Crippen molar-refractivity contribution in [1.29, 1.82) is 0 Å². The summed E-state index contributed by atoms with van der Waals surface area (Å²) in [5, 5.41) is 19.8. The summed E-state index contributed by atoms with van der Waals surface area (Å²) < 4.78 is 1.86. The van der Waals surface area contributed by atoms with Crippen molar-refractivity contribution in [3.05, 3.63) is 12.2 Å². The van der Waals surface area contributed by atoms with Gasteiger partial charge in [0, 0.05) is 13.1 Å². The van der Waals surface area contributed by atoms with Crippen molar-refractivity contribution in [3.8, 4) is 0 Å². The predicted molar refractivity (Wildman–Crippen MR) is 49.0 cm³/mol. The number of aryl methyl sites for hydroxylation is 1. The van der Waals surface area contributed by atoms with Crippen LogP contribution in [0, 0.1) is 0 Å². The Kier molecular flexibility index (Phi) is 3.85. The lowest BCUT2D eigenvalue weighted by Gasteiger charge is -2.12. The number of aliphatic hydroxyl groups excluding tert-OH is 1. The molecule has 13 heavy (non-hydrogen) atoms. The van der Waals surface area contributed by atoms with Crippen LogP contribution in [-0.2, 0) is 13.6 Å². The van der Waals surface area contributed by atoms with Gasteiger partial charge >= 0.3 is 0 Å². The normalized spacial score (nSPS) is 13.2. The highest BCUT2D eigenvalue weighted by molar-refractivity contribution is 4.84. The topological polar surface area (TPSA) is 63.0 Å². The molecule has 0 saturated heterocycles. The van der Waals surface area contributed by atoms with E-state index < -0.39 is 0 Å². The second-order valence-corrected chi connectivity index (χ2v) is 3.03. The monoisotopic (exact) mass is 184 g/mol. The molecule has 0 bridgehead atoms. The first-order chi connectivity index (χ1) is 6.27. The van der Waals surface area contributed by atoms with Crippen LogP contribution in [0.4, 0.5) is 0 Å². The van der Waals surface area contributed by atoms with Gasteiger partial charge < -0.3 is 15.0 Å². The van der Waals surface area contributed by atoms with Crippen molar-refractivity contribution < 1.29 is 5.11 Å². The number of aromatic nitrogens is 3. The van der Waals surface area contributed by atoms with Gasteiger partial charge in [-0.25, -0.2) is 0 Å². The number of hydrogen-bond acceptors (Lipinski definition) is 4. The third-order valence-corrected chi connectivity index (χ3v) is 2.07. The van der Waals surface area contributed by atoms with Crippen LogP contribution in [-0.4, -0.2) is 32.5 Å². The summed E-state index contributed by atoms with van der Waals surface area (Å²) in [6.07, 6.45) is 2.57. The first kappa shape index (κ1) is 10.1. The van der Waals surface area contributed by atoms with Crippen LogP contribution >= 0.6 is 0 Å². The van der Waals surface area contributed by atoms with Crippen LogP contribution in [0.3, 0.4) is 0 Å². The molecule has 0 fully saturated rings. The fraction of sp³-hybridized carbons (Fsp3) is 0.750. The molecule has 1 aromatic rings. The average Bonchev–Trinajstić information content (AvgIpc) is 2.54. The number of aliphatic hydroxyl groups is 1. The summed E-state index contributed by atoms with van der Waals surface area (Å²) in [7, 11) is 1.90. The van der Waals surface area contributed by atoms with Gasteiger partial charge in [-0.05, 0) is 6.42 Å². The largest absolute Gasteiger partial charge is 0.395 e. The van der Waals surface area contributed by atoms with Gasteiger partial charge in [0.1, 0.15) is 12.2 Å². The Balaban J connectivity index is 2.38. The lowest BCUT2D eigenvalue weighted by Crippen LogP contribution is -2.32. The van der Waals surface area contributed by atoms with Crippen LogP contribution in [0.15, 0.2) is 6.33 Å². The fourth-order valence-electron chi connectivity index (χ4n) is 1.04. The van der Waals surface area contributed by atoms with Gasteiger partial charge in [0.05, 0.1) is 13.2 Å². The van der Waals surface area contributed by atoms with Gasteiger partial charge in [0.2, 0.25) is 0 Å². The maximum Gasteiger partial charge on any atom is 0.146 e. The molecule has 0 aliphatic heterocycles. The highest BCUT2D eigenvalue weighted by Gasteiger charge is 2.05. The molecular weight excluding hydrogens is 168 g/mol. The fourth-order valence-corrected chi connectivity index (χ4v) is 1.04. The molecule has 0 saturated carbocycles. The number of hydrogen-bond donors (Lipinski definition) is 2. The van der Waals surface area contributed by atoms with Crippen molar-refractivity contribution in [1.82, 2.24) is 20.1 Å². The van der Waals surface area contributed by atoms with Gasteiger partial charge in [-0.15, -0.1) is 10.2 Å². The van der Waals surface area contributed by atoms with Crippen LogP contribution < -0.4 is 5.32 Å². The minimum absolute atomic E-state index is 0.150. The van der Waals surface area contributed by atoms with E-state index in [1.807, 2.05) is 18.5 Å². The highest BCUT2D eigenvalue weighted by Crippen LogP contribution is 1.94. The summed E-state index contributed by atoms with van der Waals surface area (Å²) in [6.45, 7) is 2.84. The summed E-state index contributed by atoms with van der Waals surface area (Å²) in [5.41, 5.74) is 0.